The minimum absolute atomic E-state index is 0.0933. The topological polar surface area (TPSA) is 0 Å². The van der Waals surface area contributed by atoms with Gasteiger partial charge in [0.1, 0.15) is 5.82 Å². The lowest BCUT2D eigenvalue weighted by atomic mass is 9.85. The first-order valence-electron chi connectivity index (χ1n) is 6.51. The normalized spacial score (nSPS) is 17.6. The second kappa shape index (κ2) is 5.47. The van der Waals surface area contributed by atoms with Gasteiger partial charge in [0.15, 0.2) is 0 Å². The average Bonchev–Trinajstić information content (AvgIpc) is 2.32. The Hall–Kier alpha value is -0.850. The molecule has 88 valence electrons. The van der Waals surface area contributed by atoms with Crippen molar-refractivity contribution in [1.82, 2.24) is 0 Å². The van der Waals surface area contributed by atoms with Gasteiger partial charge in [-0.2, -0.15) is 0 Å². The van der Waals surface area contributed by atoms with E-state index in [9.17, 15) is 4.39 Å². The van der Waals surface area contributed by atoms with Crippen molar-refractivity contribution in [3.05, 3.63) is 35.1 Å². The van der Waals surface area contributed by atoms with Crippen LogP contribution in [-0.2, 0) is 6.42 Å². The van der Waals surface area contributed by atoms with Gasteiger partial charge in [0, 0.05) is 0 Å². The molecule has 0 N–H and O–H groups in total. The van der Waals surface area contributed by atoms with E-state index < -0.39 is 0 Å². The van der Waals surface area contributed by atoms with Gasteiger partial charge in [-0.25, -0.2) is 4.39 Å². The highest BCUT2D eigenvalue weighted by Gasteiger charge is 2.13. The van der Waals surface area contributed by atoms with Crippen LogP contribution in [0.1, 0.15) is 49.7 Å². The zero-order valence-electron chi connectivity index (χ0n) is 10.1. The third-order valence-corrected chi connectivity index (χ3v) is 3.86. The number of rotatable bonds is 3. The zero-order valence-corrected chi connectivity index (χ0v) is 10.1. The fraction of sp³-hybridized carbons (Fsp3) is 0.600. The van der Waals surface area contributed by atoms with Gasteiger partial charge in [-0.1, -0.05) is 38.2 Å². The quantitative estimate of drug-likeness (QED) is 0.695. The maximum Gasteiger partial charge on any atom is 0.123 e. The third-order valence-electron chi connectivity index (χ3n) is 3.86. The van der Waals surface area contributed by atoms with Crippen molar-refractivity contribution in [3.63, 3.8) is 0 Å². The maximum atomic E-state index is 13.1. The Morgan fingerprint density at radius 3 is 2.69 bits per heavy atom. The highest BCUT2D eigenvalue weighted by Crippen LogP contribution is 2.28. The van der Waals surface area contributed by atoms with Gasteiger partial charge in [-0.3, -0.25) is 0 Å². The molecule has 0 aliphatic heterocycles. The Labute approximate surface area is 97.9 Å². The van der Waals surface area contributed by atoms with Gasteiger partial charge in [-0.15, -0.1) is 0 Å². The molecule has 0 atom stereocenters. The molecule has 1 aliphatic carbocycles. The van der Waals surface area contributed by atoms with Crippen LogP contribution < -0.4 is 0 Å². The van der Waals surface area contributed by atoms with Crippen LogP contribution in [0.5, 0.6) is 0 Å². The van der Waals surface area contributed by atoms with E-state index in [1.807, 2.05) is 6.07 Å². The van der Waals surface area contributed by atoms with Crippen molar-refractivity contribution >= 4 is 0 Å². The molecule has 0 radical (unpaired) electrons. The van der Waals surface area contributed by atoms with E-state index in [1.54, 1.807) is 12.1 Å². The number of hydrogen-bond donors (Lipinski definition) is 0. The highest BCUT2D eigenvalue weighted by atomic mass is 19.1. The molecular weight excluding hydrogens is 199 g/mol. The van der Waals surface area contributed by atoms with E-state index in [-0.39, 0.29) is 5.82 Å². The van der Waals surface area contributed by atoms with E-state index in [4.69, 9.17) is 0 Å². The van der Waals surface area contributed by atoms with Crippen LogP contribution in [0.15, 0.2) is 18.2 Å². The molecule has 0 amide bonds. The molecule has 0 aromatic heterocycles. The van der Waals surface area contributed by atoms with Crippen LogP contribution in [0.25, 0.3) is 0 Å². The van der Waals surface area contributed by atoms with Gasteiger partial charge in [0.25, 0.3) is 0 Å². The Morgan fingerprint density at radius 1 is 1.19 bits per heavy atom. The molecule has 0 spiro atoms. The monoisotopic (exact) mass is 220 g/mol. The standard InChI is InChI=1S/C15H21F/c1-12-7-10-15(16)11-14(12)9-8-13-5-3-2-4-6-13/h7,10-11,13H,2-6,8-9H2,1H3. The summed E-state index contributed by atoms with van der Waals surface area (Å²) in [6.07, 6.45) is 9.26. The van der Waals surface area contributed by atoms with Gasteiger partial charge in [0.05, 0.1) is 0 Å². The van der Waals surface area contributed by atoms with Crippen LogP contribution in [0, 0.1) is 18.7 Å². The zero-order chi connectivity index (χ0) is 11.4. The van der Waals surface area contributed by atoms with Crippen molar-refractivity contribution in [2.45, 2.75) is 51.9 Å². The largest absolute Gasteiger partial charge is 0.207 e. The molecule has 16 heavy (non-hydrogen) atoms. The van der Waals surface area contributed by atoms with Gasteiger partial charge in [0.2, 0.25) is 0 Å². The molecule has 1 fully saturated rings. The van der Waals surface area contributed by atoms with E-state index in [1.165, 1.54) is 49.7 Å². The van der Waals surface area contributed by atoms with Gasteiger partial charge >= 0.3 is 0 Å². The summed E-state index contributed by atoms with van der Waals surface area (Å²) in [5, 5.41) is 0. The molecule has 0 nitrogen and oxygen atoms in total. The van der Waals surface area contributed by atoms with Crippen molar-refractivity contribution in [2.75, 3.05) is 0 Å². The van der Waals surface area contributed by atoms with Crippen LogP contribution in [-0.4, -0.2) is 0 Å². The Morgan fingerprint density at radius 2 is 1.94 bits per heavy atom. The minimum atomic E-state index is -0.0933. The van der Waals surface area contributed by atoms with Crippen LogP contribution in [0.3, 0.4) is 0 Å². The second-order valence-electron chi connectivity index (χ2n) is 5.11. The number of halogens is 1. The molecule has 1 heteroatoms. The lowest BCUT2D eigenvalue weighted by Crippen LogP contribution is -2.07. The lowest BCUT2D eigenvalue weighted by Gasteiger charge is -2.21. The van der Waals surface area contributed by atoms with Crippen LogP contribution in [0.2, 0.25) is 0 Å². The molecule has 0 bridgehead atoms. The average molecular weight is 220 g/mol. The van der Waals surface area contributed by atoms with Gasteiger partial charge < -0.3 is 0 Å². The Balaban J connectivity index is 1.90. The highest BCUT2D eigenvalue weighted by molar-refractivity contribution is 5.26. The van der Waals surface area contributed by atoms with E-state index >= 15 is 0 Å². The van der Waals surface area contributed by atoms with Gasteiger partial charge in [-0.05, 0) is 48.9 Å². The van der Waals surface area contributed by atoms with E-state index in [0.717, 1.165) is 12.3 Å². The minimum Gasteiger partial charge on any atom is -0.207 e. The third kappa shape index (κ3) is 3.07. The fourth-order valence-electron chi connectivity index (χ4n) is 2.74. The first kappa shape index (κ1) is 11.6. The summed E-state index contributed by atoms with van der Waals surface area (Å²) in [6.45, 7) is 2.08. The SMILES string of the molecule is Cc1ccc(F)cc1CCC1CCCCC1. The lowest BCUT2D eigenvalue weighted by molar-refractivity contribution is 0.339. The van der Waals surface area contributed by atoms with Crippen molar-refractivity contribution < 1.29 is 4.39 Å². The second-order valence-corrected chi connectivity index (χ2v) is 5.11. The number of aryl methyl sites for hydroxylation is 2. The molecule has 0 unspecified atom stereocenters. The van der Waals surface area contributed by atoms with Crippen molar-refractivity contribution in [3.8, 4) is 0 Å². The number of benzene rings is 1. The Kier molecular flexibility index (Phi) is 3.98. The van der Waals surface area contributed by atoms with Crippen molar-refractivity contribution in [1.29, 1.82) is 0 Å². The van der Waals surface area contributed by atoms with E-state index in [2.05, 4.69) is 6.92 Å². The smallest absolute Gasteiger partial charge is 0.123 e. The maximum absolute atomic E-state index is 13.1. The predicted molar refractivity (Wildman–Crippen MR) is 66.0 cm³/mol. The summed E-state index contributed by atoms with van der Waals surface area (Å²) in [7, 11) is 0. The summed E-state index contributed by atoms with van der Waals surface area (Å²) < 4.78 is 13.1. The Bertz CT molecular complexity index is 337. The molecule has 0 saturated heterocycles. The first-order valence-corrected chi connectivity index (χ1v) is 6.51. The number of hydrogen-bond acceptors (Lipinski definition) is 0. The van der Waals surface area contributed by atoms with Crippen LogP contribution >= 0.6 is 0 Å². The molecule has 2 rings (SSSR count). The first-order chi connectivity index (χ1) is 7.75. The van der Waals surface area contributed by atoms with E-state index in [0.29, 0.717) is 0 Å². The van der Waals surface area contributed by atoms with Crippen molar-refractivity contribution in [2.24, 2.45) is 5.92 Å². The molecule has 1 aromatic rings. The fourth-order valence-corrected chi connectivity index (χ4v) is 2.74. The summed E-state index contributed by atoms with van der Waals surface area (Å²) in [6, 6.07) is 5.16. The van der Waals surface area contributed by atoms with Crippen LogP contribution in [0.4, 0.5) is 4.39 Å². The summed E-state index contributed by atoms with van der Waals surface area (Å²) in [5.74, 6) is 0.792. The summed E-state index contributed by atoms with van der Waals surface area (Å²) >= 11 is 0. The predicted octanol–water partition coefficient (Wildman–Crippen LogP) is 4.65. The molecule has 1 saturated carbocycles. The molecule has 1 aromatic carbocycles. The summed E-state index contributed by atoms with van der Waals surface area (Å²) in [4.78, 5) is 0. The summed E-state index contributed by atoms with van der Waals surface area (Å²) in [5.41, 5.74) is 2.43. The molecule has 1 aliphatic rings. The molecular formula is C15H21F. The molecule has 0 heterocycles.